The minimum Gasteiger partial charge on any atom is -0.332 e. The molecular formula is C15H16N6O. The maximum Gasteiger partial charge on any atom is 0.244 e. The summed E-state index contributed by atoms with van der Waals surface area (Å²) >= 11 is 0. The van der Waals surface area contributed by atoms with Crippen LogP contribution in [0.5, 0.6) is 0 Å². The molecule has 22 heavy (non-hydrogen) atoms. The second-order valence-corrected chi connectivity index (χ2v) is 5.52. The highest BCUT2D eigenvalue weighted by atomic mass is 16.2. The Balaban J connectivity index is 1.53. The Hall–Kier alpha value is -2.70. The predicted molar refractivity (Wildman–Crippen MR) is 79.9 cm³/mol. The summed E-state index contributed by atoms with van der Waals surface area (Å²) < 4.78 is 3.82. The average molecular weight is 296 g/mol. The zero-order valence-corrected chi connectivity index (χ0v) is 12.3. The van der Waals surface area contributed by atoms with Gasteiger partial charge in [0.05, 0.1) is 12.1 Å². The second-order valence-electron chi connectivity index (χ2n) is 5.52. The monoisotopic (exact) mass is 296 g/mol. The van der Waals surface area contributed by atoms with E-state index in [1.165, 1.54) is 0 Å². The molecule has 3 heterocycles. The number of para-hydroxylation sites is 1. The molecule has 7 nitrogen and oxygen atoms in total. The number of aryl methyl sites for hydroxylation is 1. The van der Waals surface area contributed by atoms with E-state index < -0.39 is 0 Å². The van der Waals surface area contributed by atoms with Crippen molar-refractivity contribution in [3.8, 4) is 0 Å². The number of carbonyl (C=O) groups is 1. The van der Waals surface area contributed by atoms with Gasteiger partial charge in [0.15, 0.2) is 0 Å². The predicted octanol–water partition coefficient (Wildman–Crippen LogP) is 0.979. The molecule has 0 fully saturated rings. The summed E-state index contributed by atoms with van der Waals surface area (Å²) in [5, 5.41) is 8.16. The number of hydrogen-bond acceptors (Lipinski definition) is 4. The molecule has 112 valence electrons. The molecule has 0 N–H and O–H groups in total. The van der Waals surface area contributed by atoms with Crippen molar-refractivity contribution in [2.45, 2.75) is 26.6 Å². The first-order valence-corrected chi connectivity index (χ1v) is 7.29. The SMILES string of the molecule is Cc1cnc2n1CCN(C(=O)Cn1nnc3ccccc31)C2. The van der Waals surface area contributed by atoms with E-state index in [0.29, 0.717) is 13.1 Å². The highest BCUT2D eigenvalue weighted by Crippen LogP contribution is 2.15. The quantitative estimate of drug-likeness (QED) is 0.707. The van der Waals surface area contributed by atoms with Gasteiger partial charge in [0, 0.05) is 25.0 Å². The molecular weight excluding hydrogens is 280 g/mol. The second kappa shape index (κ2) is 4.94. The number of hydrogen-bond donors (Lipinski definition) is 0. The van der Waals surface area contributed by atoms with Gasteiger partial charge in [0.25, 0.3) is 0 Å². The third-order valence-corrected chi connectivity index (χ3v) is 4.12. The third-order valence-electron chi connectivity index (χ3n) is 4.12. The van der Waals surface area contributed by atoms with Gasteiger partial charge in [0.2, 0.25) is 5.91 Å². The Labute approximate surface area is 127 Å². The van der Waals surface area contributed by atoms with Crippen LogP contribution in [-0.2, 0) is 24.4 Å². The standard InChI is InChI=1S/C15H16N6O/c1-11-8-16-14-9-19(6-7-20(11)14)15(22)10-21-13-5-3-2-4-12(13)17-18-21/h2-5,8H,6-7,9-10H2,1H3. The fourth-order valence-corrected chi connectivity index (χ4v) is 2.89. The highest BCUT2D eigenvalue weighted by molar-refractivity contribution is 5.79. The van der Waals surface area contributed by atoms with Crippen LogP contribution >= 0.6 is 0 Å². The van der Waals surface area contributed by atoms with Crippen molar-refractivity contribution in [2.24, 2.45) is 0 Å². The number of carbonyl (C=O) groups excluding carboxylic acids is 1. The summed E-state index contributed by atoms with van der Waals surface area (Å²) in [6, 6.07) is 7.65. The van der Waals surface area contributed by atoms with E-state index in [0.717, 1.165) is 29.1 Å². The van der Waals surface area contributed by atoms with E-state index in [-0.39, 0.29) is 12.5 Å². The summed E-state index contributed by atoms with van der Waals surface area (Å²) in [4.78, 5) is 18.7. The van der Waals surface area contributed by atoms with E-state index in [4.69, 9.17) is 0 Å². The van der Waals surface area contributed by atoms with Gasteiger partial charge in [-0.25, -0.2) is 9.67 Å². The molecule has 1 aliphatic rings. The van der Waals surface area contributed by atoms with Gasteiger partial charge in [-0.15, -0.1) is 5.10 Å². The van der Waals surface area contributed by atoms with Gasteiger partial charge >= 0.3 is 0 Å². The lowest BCUT2D eigenvalue weighted by atomic mass is 10.3. The molecule has 1 amide bonds. The molecule has 4 rings (SSSR count). The summed E-state index contributed by atoms with van der Waals surface area (Å²) in [7, 11) is 0. The molecule has 0 bridgehead atoms. The van der Waals surface area contributed by atoms with E-state index in [2.05, 4.69) is 19.9 Å². The molecule has 0 spiro atoms. The van der Waals surface area contributed by atoms with Crippen LogP contribution < -0.4 is 0 Å². The van der Waals surface area contributed by atoms with Crippen LogP contribution in [-0.4, -0.2) is 41.9 Å². The zero-order valence-electron chi connectivity index (χ0n) is 12.3. The van der Waals surface area contributed by atoms with Crippen LogP contribution in [0.2, 0.25) is 0 Å². The Morgan fingerprint density at radius 1 is 1.27 bits per heavy atom. The van der Waals surface area contributed by atoms with E-state index in [9.17, 15) is 4.79 Å². The average Bonchev–Trinajstić information content (AvgIpc) is 3.12. The van der Waals surface area contributed by atoms with Gasteiger partial charge in [-0.2, -0.15) is 0 Å². The van der Waals surface area contributed by atoms with Crippen molar-refractivity contribution in [1.29, 1.82) is 0 Å². The first-order chi connectivity index (χ1) is 10.7. The number of aromatic nitrogens is 5. The van der Waals surface area contributed by atoms with E-state index in [1.54, 1.807) is 4.68 Å². The minimum atomic E-state index is 0.0440. The van der Waals surface area contributed by atoms with Crippen molar-refractivity contribution >= 4 is 16.9 Å². The van der Waals surface area contributed by atoms with Gasteiger partial charge in [-0.3, -0.25) is 4.79 Å². The van der Waals surface area contributed by atoms with Gasteiger partial charge in [0.1, 0.15) is 17.9 Å². The number of imidazole rings is 1. The molecule has 0 saturated carbocycles. The fraction of sp³-hybridized carbons (Fsp3) is 0.333. The number of rotatable bonds is 2. The van der Waals surface area contributed by atoms with Crippen LogP contribution in [0.4, 0.5) is 0 Å². The third kappa shape index (κ3) is 2.05. The van der Waals surface area contributed by atoms with Crippen molar-refractivity contribution < 1.29 is 4.79 Å². The minimum absolute atomic E-state index is 0.0440. The molecule has 0 aliphatic carbocycles. The number of nitrogens with zero attached hydrogens (tertiary/aromatic N) is 6. The normalized spacial score (nSPS) is 14.3. The largest absolute Gasteiger partial charge is 0.332 e. The van der Waals surface area contributed by atoms with Crippen LogP contribution in [0.15, 0.2) is 30.5 Å². The summed E-state index contributed by atoms with van der Waals surface area (Å²) in [5.74, 6) is 0.989. The first kappa shape index (κ1) is 13.0. The van der Waals surface area contributed by atoms with Crippen molar-refractivity contribution in [3.05, 3.63) is 42.0 Å². The maximum atomic E-state index is 12.5. The van der Waals surface area contributed by atoms with Crippen LogP contribution in [0, 0.1) is 6.92 Å². The molecule has 0 radical (unpaired) electrons. The molecule has 3 aromatic rings. The number of benzene rings is 1. The van der Waals surface area contributed by atoms with Crippen LogP contribution in [0.3, 0.4) is 0 Å². The van der Waals surface area contributed by atoms with E-state index in [1.807, 2.05) is 42.3 Å². The molecule has 1 aromatic carbocycles. The van der Waals surface area contributed by atoms with Crippen LogP contribution in [0.1, 0.15) is 11.5 Å². The smallest absolute Gasteiger partial charge is 0.244 e. The Kier molecular flexibility index (Phi) is 2.92. The summed E-state index contributed by atoms with van der Waals surface area (Å²) in [6.07, 6.45) is 1.86. The van der Waals surface area contributed by atoms with Crippen molar-refractivity contribution in [2.75, 3.05) is 6.54 Å². The molecule has 0 unspecified atom stereocenters. The molecule has 0 atom stereocenters. The fourth-order valence-electron chi connectivity index (χ4n) is 2.89. The van der Waals surface area contributed by atoms with Crippen LogP contribution in [0.25, 0.3) is 11.0 Å². The molecule has 1 aliphatic heterocycles. The number of amides is 1. The lowest BCUT2D eigenvalue weighted by molar-refractivity contribution is -0.133. The summed E-state index contributed by atoms with van der Waals surface area (Å²) in [5.41, 5.74) is 2.83. The lowest BCUT2D eigenvalue weighted by Gasteiger charge is -2.28. The molecule has 7 heteroatoms. The molecule has 0 saturated heterocycles. The van der Waals surface area contributed by atoms with Crippen molar-refractivity contribution in [3.63, 3.8) is 0 Å². The Morgan fingerprint density at radius 3 is 3.05 bits per heavy atom. The molecule has 2 aromatic heterocycles. The highest BCUT2D eigenvalue weighted by Gasteiger charge is 2.23. The first-order valence-electron chi connectivity index (χ1n) is 7.29. The Morgan fingerprint density at radius 2 is 2.14 bits per heavy atom. The van der Waals surface area contributed by atoms with Gasteiger partial charge in [-0.1, -0.05) is 17.3 Å². The number of fused-ring (bicyclic) bond motifs is 2. The van der Waals surface area contributed by atoms with Gasteiger partial charge < -0.3 is 9.47 Å². The van der Waals surface area contributed by atoms with Gasteiger partial charge in [-0.05, 0) is 19.1 Å². The topological polar surface area (TPSA) is 68.8 Å². The maximum absolute atomic E-state index is 12.5. The Bertz CT molecular complexity index is 849. The van der Waals surface area contributed by atoms with Crippen molar-refractivity contribution in [1.82, 2.24) is 29.4 Å². The van der Waals surface area contributed by atoms with E-state index >= 15 is 0 Å². The lowest BCUT2D eigenvalue weighted by Crippen LogP contribution is -2.40. The summed E-state index contributed by atoms with van der Waals surface area (Å²) in [6.45, 7) is 4.30. The zero-order chi connectivity index (χ0) is 15.1.